The van der Waals surface area contributed by atoms with Crippen LogP contribution in [-0.4, -0.2) is 19.0 Å². The van der Waals surface area contributed by atoms with Crippen LogP contribution in [0.25, 0.3) is 0 Å². The molecule has 0 saturated carbocycles. The number of aryl methyl sites for hydroxylation is 1. The van der Waals surface area contributed by atoms with Gasteiger partial charge in [0.1, 0.15) is 0 Å². The molecule has 0 aliphatic heterocycles. The van der Waals surface area contributed by atoms with Gasteiger partial charge in [0.2, 0.25) is 0 Å². The maximum absolute atomic E-state index is 11.9. The predicted molar refractivity (Wildman–Crippen MR) is 69.2 cm³/mol. The Kier molecular flexibility index (Phi) is 3.66. The first-order valence-electron chi connectivity index (χ1n) is 5.66. The van der Waals surface area contributed by atoms with Crippen LogP contribution in [0.15, 0.2) is 41.0 Å². The molecule has 0 saturated heterocycles. The SMILES string of the molecule is COC(=O)c1c(C)cccc1NC(=O)c1ccco1. The molecule has 0 fully saturated rings. The van der Waals surface area contributed by atoms with Gasteiger partial charge in [-0.15, -0.1) is 0 Å². The highest BCUT2D eigenvalue weighted by atomic mass is 16.5. The Labute approximate surface area is 110 Å². The molecular formula is C14H13NO4. The normalized spacial score (nSPS) is 10.0. The second-order valence-corrected chi connectivity index (χ2v) is 3.92. The summed E-state index contributed by atoms with van der Waals surface area (Å²) in [7, 11) is 1.30. The third kappa shape index (κ3) is 2.65. The number of ether oxygens (including phenoxy) is 1. The van der Waals surface area contributed by atoms with E-state index in [0.29, 0.717) is 11.3 Å². The standard InChI is InChI=1S/C14H13NO4/c1-9-5-3-6-10(12(9)14(17)18-2)15-13(16)11-7-4-8-19-11/h3-8H,1-2H3,(H,15,16). The fraction of sp³-hybridized carbons (Fsp3) is 0.143. The van der Waals surface area contributed by atoms with E-state index in [0.717, 1.165) is 5.56 Å². The molecule has 2 aromatic rings. The number of amides is 1. The topological polar surface area (TPSA) is 68.5 Å². The molecule has 5 nitrogen and oxygen atoms in total. The van der Waals surface area contributed by atoms with Crippen LogP contribution in [0.1, 0.15) is 26.5 Å². The Morgan fingerprint density at radius 2 is 2.00 bits per heavy atom. The number of nitrogens with one attached hydrogen (secondary N) is 1. The van der Waals surface area contributed by atoms with Crippen molar-refractivity contribution in [3.05, 3.63) is 53.5 Å². The maximum atomic E-state index is 11.9. The summed E-state index contributed by atoms with van der Waals surface area (Å²) < 4.78 is 9.71. The van der Waals surface area contributed by atoms with Gasteiger partial charge >= 0.3 is 5.97 Å². The van der Waals surface area contributed by atoms with Gasteiger partial charge in [-0.1, -0.05) is 12.1 Å². The quantitative estimate of drug-likeness (QED) is 0.860. The zero-order valence-electron chi connectivity index (χ0n) is 10.6. The minimum absolute atomic E-state index is 0.178. The van der Waals surface area contributed by atoms with Crippen LogP contribution >= 0.6 is 0 Å². The zero-order valence-corrected chi connectivity index (χ0v) is 10.6. The third-order valence-corrected chi connectivity index (χ3v) is 2.66. The molecule has 0 atom stereocenters. The molecule has 0 radical (unpaired) electrons. The summed E-state index contributed by atoms with van der Waals surface area (Å²) in [5.41, 5.74) is 1.46. The van der Waals surface area contributed by atoms with Gasteiger partial charge in [0, 0.05) is 0 Å². The second-order valence-electron chi connectivity index (χ2n) is 3.92. The number of furan rings is 1. The fourth-order valence-corrected chi connectivity index (χ4v) is 1.74. The lowest BCUT2D eigenvalue weighted by Crippen LogP contribution is -2.15. The van der Waals surface area contributed by atoms with Crippen molar-refractivity contribution in [3.63, 3.8) is 0 Å². The number of esters is 1. The van der Waals surface area contributed by atoms with Gasteiger partial charge in [-0.2, -0.15) is 0 Å². The molecular weight excluding hydrogens is 246 g/mol. The molecule has 1 heterocycles. The van der Waals surface area contributed by atoms with Crippen molar-refractivity contribution in [3.8, 4) is 0 Å². The predicted octanol–water partition coefficient (Wildman–Crippen LogP) is 2.63. The van der Waals surface area contributed by atoms with Gasteiger partial charge in [-0.3, -0.25) is 4.79 Å². The number of benzene rings is 1. The van der Waals surface area contributed by atoms with Crippen LogP contribution in [-0.2, 0) is 4.74 Å². The van der Waals surface area contributed by atoms with E-state index in [1.807, 2.05) is 0 Å². The Hall–Kier alpha value is -2.56. The van der Waals surface area contributed by atoms with Crippen molar-refractivity contribution in [1.29, 1.82) is 0 Å². The second kappa shape index (κ2) is 5.39. The maximum Gasteiger partial charge on any atom is 0.340 e. The van der Waals surface area contributed by atoms with Crippen LogP contribution in [0.4, 0.5) is 5.69 Å². The van der Waals surface area contributed by atoms with E-state index >= 15 is 0 Å². The van der Waals surface area contributed by atoms with Crippen LogP contribution < -0.4 is 5.32 Å². The van der Waals surface area contributed by atoms with Crippen molar-refractivity contribution in [2.45, 2.75) is 6.92 Å². The smallest absolute Gasteiger partial charge is 0.340 e. The van der Waals surface area contributed by atoms with Gasteiger partial charge in [0.05, 0.1) is 24.6 Å². The summed E-state index contributed by atoms with van der Waals surface area (Å²) in [5.74, 6) is -0.731. The summed E-state index contributed by atoms with van der Waals surface area (Å²) in [4.78, 5) is 23.6. The first-order chi connectivity index (χ1) is 9.13. The molecule has 5 heteroatoms. The molecule has 98 valence electrons. The molecule has 19 heavy (non-hydrogen) atoms. The lowest BCUT2D eigenvalue weighted by molar-refractivity contribution is 0.0601. The highest BCUT2D eigenvalue weighted by Gasteiger charge is 2.17. The Balaban J connectivity index is 2.33. The Bertz CT molecular complexity index is 602. The molecule has 0 aliphatic carbocycles. The molecule has 0 unspecified atom stereocenters. The largest absolute Gasteiger partial charge is 0.465 e. The van der Waals surface area contributed by atoms with E-state index in [1.54, 1.807) is 37.3 Å². The molecule has 0 bridgehead atoms. The van der Waals surface area contributed by atoms with Crippen molar-refractivity contribution < 1.29 is 18.7 Å². The molecule has 1 amide bonds. The van der Waals surface area contributed by atoms with Gasteiger partial charge in [-0.25, -0.2) is 4.79 Å². The van der Waals surface area contributed by atoms with E-state index in [1.165, 1.54) is 13.4 Å². The van der Waals surface area contributed by atoms with Crippen molar-refractivity contribution in [1.82, 2.24) is 0 Å². The summed E-state index contributed by atoms with van der Waals surface area (Å²) in [6, 6.07) is 8.32. The number of hydrogen-bond donors (Lipinski definition) is 1. The number of methoxy groups -OCH3 is 1. The molecule has 1 aromatic carbocycles. The van der Waals surface area contributed by atoms with E-state index in [9.17, 15) is 9.59 Å². The summed E-state index contributed by atoms with van der Waals surface area (Å²) in [6.45, 7) is 1.77. The highest BCUT2D eigenvalue weighted by molar-refractivity contribution is 6.07. The summed E-state index contributed by atoms with van der Waals surface area (Å²) >= 11 is 0. The number of carbonyl (C=O) groups is 2. The first kappa shape index (κ1) is 12.9. The van der Waals surface area contributed by atoms with E-state index in [4.69, 9.17) is 9.15 Å². The molecule has 0 aliphatic rings. The Morgan fingerprint density at radius 1 is 1.21 bits per heavy atom. The highest BCUT2D eigenvalue weighted by Crippen LogP contribution is 2.21. The summed E-state index contributed by atoms with van der Waals surface area (Å²) in [6.07, 6.45) is 1.41. The minimum Gasteiger partial charge on any atom is -0.465 e. The minimum atomic E-state index is -0.493. The van der Waals surface area contributed by atoms with Gasteiger partial charge in [0.15, 0.2) is 5.76 Å². The van der Waals surface area contributed by atoms with E-state index in [-0.39, 0.29) is 5.76 Å². The van der Waals surface area contributed by atoms with Crippen molar-refractivity contribution in [2.75, 3.05) is 12.4 Å². The number of carbonyl (C=O) groups excluding carboxylic acids is 2. The fourth-order valence-electron chi connectivity index (χ4n) is 1.74. The van der Waals surface area contributed by atoms with Gasteiger partial charge < -0.3 is 14.5 Å². The number of anilines is 1. The molecule has 1 N–H and O–H groups in total. The average Bonchev–Trinajstić information content (AvgIpc) is 2.92. The first-order valence-corrected chi connectivity index (χ1v) is 5.66. The molecule has 0 spiro atoms. The van der Waals surface area contributed by atoms with Crippen LogP contribution in [0, 0.1) is 6.92 Å². The monoisotopic (exact) mass is 259 g/mol. The lowest BCUT2D eigenvalue weighted by atomic mass is 10.1. The zero-order chi connectivity index (χ0) is 13.8. The number of hydrogen-bond acceptors (Lipinski definition) is 4. The van der Waals surface area contributed by atoms with Gasteiger partial charge in [0.25, 0.3) is 5.91 Å². The van der Waals surface area contributed by atoms with Crippen LogP contribution in [0.3, 0.4) is 0 Å². The summed E-state index contributed by atoms with van der Waals surface area (Å²) in [5, 5.41) is 2.64. The molecule has 1 aromatic heterocycles. The van der Waals surface area contributed by atoms with Crippen LogP contribution in [0.5, 0.6) is 0 Å². The molecule has 2 rings (SSSR count). The number of rotatable bonds is 3. The van der Waals surface area contributed by atoms with Gasteiger partial charge in [-0.05, 0) is 30.7 Å². The Morgan fingerprint density at radius 3 is 2.63 bits per heavy atom. The van der Waals surface area contributed by atoms with Crippen molar-refractivity contribution >= 4 is 17.6 Å². The average molecular weight is 259 g/mol. The third-order valence-electron chi connectivity index (χ3n) is 2.66. The van der Waals surface area contributed by atoms with Crippen LogP contribution in [0.2, 0.25) is 0 Å². The van der Waals surface area contributed by atoms with Crippen molar-refractivity contribution in [2.24, 2.45) is 0 Å². The van der Waals surface area contributed by atoms with E-state index in [2.05, 4.69) is 5.32 Å². The van der Waals surface area contributed by atoms with E-state index < -0.39 is 11.9 Å². The lowest BCUT2D eigenvalue weighted by Gasteiger charge is -2.11.